The van der Waals surface area contributed by atoms with Gasteiger partial charge in [0.15, 0.2) is 5.57 Å². The summed E-state index contributed by atoms with van der Waals surface area (Å²) < 4.78 is 146. The van der Waals surface area contributed by atoms with E-state index in [-0.39, 0.29) is 5.39 Å². The van der Waals surface area contributed by atoms with E-state index >= 15 is 0 Å². The van der Waals surface area contributed by atoms with Gasteiger partial charge in [0.2, 0.25) is 5.76 Å². The van der Waals surface area contributed by atoms with E-state index in [1.807, 2.05) is 0 Å². The maximum absolute atomic E-state index is 13.6. The zero-order valence-electron chi connectivity index (χ0n) is 13.1. The molecule has 0 bridgehead atoms. The first-order valence-electron chi connectivity index (χ1n) is 7.05. The highest BCUT2D eigenvalue weighted by molar-refractivity contribution is 5.83. The lowest BCUT2D eigenvalue weighted by Gasteiger charge is -2.27. The Morgan fingerprint density at radius 3 is 1.61 bits per heavy atom. The fourth-order valence-electron chi connectivity index (χ4n) is 2.17. The van der Waals surface area contributed by atoms with Crippen LogP contribution in [-0.4, -0.2) is 24.5 Å². The Morgan fingerprint density at radius 2 is 1.14 bits per heavy atom. The van der Waals surface area contributed by atoms with Gasteiger partial charge in [0.05, 0.1) is 0 Å². The number of rotatable bonds is 3. The number of hydrogen-bond acceptors (Lipinski definition) is 1. The maximum atomic E-state index is 13.6. The third kappa shape index (κ3) is 4.30. The van der Waals surface area contributed by atoms with Crippen LogP contribution >= 0.6 is 0 Å². The van der Waals surface area contributed by atoms with Crippen molar-refractivity contribution in [3.63, 3.8) is 0 Å². The molecule has 12 heteroatoms. The lowest BCUT2D eigenvalue weighted by Crippen LogP contribution is -2.44. The third-order valence-corrected chi connectivity index (χ3v) is 3.38. The van der Waals surface area contributed by atoms with Crippen molar-refractivity contribution in [1.29, 1.82) is 0 Å². The second-order valence-electron chi connectivity index (χ2n) is 5.38. The summed E-state index contributed by atoms with van der Waals surface area (Å²) in [6.45, 7) is 0. The van der Waals surface area contributed by atoms with Crippen molar-refractivity contribution >= 4 is 10.8 Å². The first kappa shape index (κ1) is 21.8. The topological polar surface area (TPSA) is 9.23 Å². The molecule has 1 nitrogen and oxygen atoms in total. The van der Waals surface area contributed by atoms with Crippen LogP contribution in [0, 0.1) is 0 Å². The summed E-state index contributed by atoms with van der Waals surface area (Å²) in [5.74, 6) is -11.2. The van der Waals surface area contributed by atoms with Crippen molar-refractivity contribution in [2.24, 2.45) is 0 Å². The number of hydrogen-bond donors (Lipinski definition) is 0. The SMILES string of the molecule is FC(F)(F)C(=C(Oc1ccc2ccccc2c1)C(F)(F)C(F)(F)F)C(F)(F)F. The van der Waals surface area contributed by atoms with Crippen molar-refractivity contribution in [1.82, 2.24) is 0 Å². The van der Waals surface area contributed by atoms with E-state index in [0.29, 0.717) is 11.5 Å². The van der Waals surface area contributed by atoms with E-state index in [2.05, 4.69) is 4.74 Å². The first-order valence-corrected chi connectivity index (χ1v) is 7.05. The summed E-state index contributed by atoms with van der Waals surface area (Å²) in [4.78, 5) is 0. The number of benzene rings is 2. The summed E-state index contributed by atoms with van der Waals surface area (Å²) in [7, 11) is 0. The molecule has 0 N–H and O–H groups in total. The Bertz CT molecular complexity index is 872. The van der Waals surface area contributed by atoms with E-state index in [4.69, 9.17) is 0 Å². The van der Waals surface area contributed by atoms with Gasteiger partial charge in [-0.15, -0.1) is 0 Å². The molecule has 0 fully saturated rings. The molecule has 0 aliphatic carbocycles. The lowest BCUT2D eigenvalue weighted by atomic mass is 10.1. The fourth-order valence-corrected chi connectivity index (χ4v) is 2.17. The molecule has 0 unspecified atom stereocenters. The Hall–Kier alpha value is -2.53. The maximum Gasteiger partial charge on any atom is 0.461 e. The van der Waals surface area contributed by atoms with Crippen molar-refractivity contribution in [2.45, 2.75) is 24.5 Å². The van der Waals surface area contributed by atoms with E-state index < -0.39 is 41.5 Å². The van der Waals surface area contributed by atoms with Crippen molar-refractivity contribution in [3.05, 3.63) is 53.8 Å². The quantitative estimate of drug-likeness (QED) is 0.389. The van der Waals surface area contributed by atoms with Crippen LogP contribution < -0.4 is 4.74 Å². The van der Waals surface area contributed by atoms with Gasteiger partial charge in [-0.2, -0.15) is 48.3 Å². The van der Waals surface area contributed by atoms with Crippen LogP contribution in [0.1, 0.15) is 0 Å². The van der Waals surface area contributed by atoms with Gasteiger partial charge in [0, 0.05) is 0 Å². The minimum atomic E-state index is -6.78. The molecular weight excluding hydrogens is 417 g/mol. The Morgan fingerprint density at radius 1 is 0.643 bits per heavy atom. The zero-order valence-corrected chi connectivity index (χ0v) is 13.1. The number of alkyl halides is 11. The first-order chi connectivity index (χ1) is 12.5. The molecule has 0 aromatic heterocycles. The average Bonchev–Trinajstić information content (AvgIpc) is 2.50. The van der Waals surface area contributed by atoms with Crippen LogP contribution in [-0.2, 0) is 0 Å². The minimum Gasteiger partial charge on any atom is -0.454 e. The predicted octanol–water partition coefficient (Wildman–Crippen LogP) is 6.79. The molecule has 0 amide bonds. The molecule has 0 radical (unpaired) electrons. The number of fused-ring (bicyclic) bond motifs is 1. The van der Waals surface area contributed by atoms with Crippen molar-refractivity contribution in [3.8, 4) is 5.75 Å². The largest absolute Gasteiger partial charge is 0.461 e. The summed E-state index contributed by atoms with van der Waals surface area (Å²) in [5, 5.41) is 0.505. The van der Waals surface area contributed by atoms with Gasteiger partial charge in [0.25, 0.3) is 0 Å². The smallest absolute Gasteiger partial charge is 0.454 e. The van der Waals surface area contributed by atoms with Gasteiger partial charge in [0.1, 0.15) is 5.75 Å². The predicted molar refractivity (Wildman–Crippen MR) is 74.7 cm³/mol. The average molecular weight is 424 g/mol. The van der Waals surface area contributed by atoms with Gasteiger partial charge >= 0.3 is 24.5 Å². The van der Waals surface area contributed by atoms with Crippen LogP contribution in [0.15, 0.2) is 53.8 Å². The molecule has 28 heavy (non-hydrogen) atoms. The molecule has 0 aliphatic heterocycles. The second kappa shape index (κ2) is 6.82. The number of halogens is 11. The molecule has 0 heterocycles. The molecule has 154 valence electrons. The fraction of sp³-hybridized carbons (Fsp3) is 0.250. The molecule has 0 spiro atoms. The molecule has 0 saturated heterocycles. The highest BCUT2D eigenvalue weighted by atomic mass is 19.4. The Kier molecular flexibility index (Phi) is 5.30. The van der Waals surface area contributed by atoms with E-state index in [1.165, 1.54) is 24.3 Å². The van der Waals surface area contributed by atoms with Crippen molar-refractivity contribution in [2.75, 3.05) is 0 Å². The van der Waals surface area contributed by atoms with Crippen LogP contribution in [0.5, 0.6) is 5.75 Å². The summed E-state index contributed by atoms with van der Waals surface area (Å²) in [6, 6.07) is 8.11. The van der Waals surface area contributed by atoms with Gasteiger partial charge in [-0.1, -0.05) is 30.3 Å². The van der Waals surface area contributed by atoms with Crippen LogP contribution in [0.25, 0.3) is 10.8 Å². The lowest BCUT2D eigenvalue weighted by molar-refractivity contribution is -0.277. The van der Waals surface area contributed by atoms with Gasteiger partial charge in [-0.25, -0.2) is 0 Å². The Labute approximate surface area is 149 Å². The molecule has 0 saturated carbocycles. The van der Waals surface area contributed by atoms with Gasteiger partial charge in [-0.05, 0) is 22.9 Å². The van der Waals surface area contributed by atoms with Crippen LogP contribution in [0.2, 0.25) is 0 Å². The van der Waals surface area contributed by atoms with E-state index in [1.54, 1.807) is 0 Å². The zero-order chi connectivity index (χ0) is 21.5. The second-order valence-corrected chi connectivity index (χ2v) is 5.38. The standard InChI is InChI=1S/C16H7F11O/c17-13(18,16(25,26)27)12(11(14(19,20)21)15(22,23)24)28-10-6-5-8-3-1-2-4-9(8)7-10/h1-7H. The van der Waals surface area contributed by atoms with Gasteiger partial charge < -0.3 is 4.74 Å². The molecular formula is C16H7F11O. The number of ether oxygens (including phenoxy) is 1. The van der Waals surface area contributed by atoms with Crippen LogP contribution in [0.3, 0.4) is 0 Å². The summed E-state index contributed by atoms with van der Waals surface area (Å²) >= 11 is 0. The highest BCUT2D eigenvalue weighted by Gasteiger charge is 2.68. The molecule has 2 aromatic carbocycles. The number of allylic oxidation sites excluding steroid dienone is 2. The normalized spacial score (nSPS) is 13.5. The third-order valence-electron chi connectivity index (χ3n) is 3.38. The molecule has 0 atom stereocenters. The summed E-state index contributed by atoms with van der Waals surface area (Å²) in [6.07, 6.45) is -20.0. The van der Waals surface area contributed by atoms with Crippen LogP contribution in [0.4, 0.5) is 48.3 Å². The van der Waals surface area contributed by atoms with E-state index in [9.17, 15) is 48.3 Å². The van der Waals surface area contributed by atoms with Crippen molar-refractivity contribution < 1.29 is 53.0 Å². The highest BCUT2D eigenvalue weighted by Crippen LogP contribution is 2.49. The molecule has 2 aromatic rings. The van der Waals surface area contributed by atoms with Gasteiger partial charge in [-0.3, -0.25) is 0 Å². The molecule has 2 rings (SSSR count). The summed E-state index contributed by atoms with van der Waals surface area (Å²) in [5.41, 5.74) is -4.09. The molecule has 0 aliphatic rings. The monoisotopic (exact) mass is 424 g/mol. The Balaban J connectivity index is 2.75. The van der Waals surface area contributed by atoms with E-state index in [0.717, 1.165) is 12.1 Å². The minimum absolute atomic E-state index is 0.121.